The summed E-state index contributed by atoms with van der Waals surface area (Å²) in [6.07, 6.45) is 2.22. The molecule has 0 amide bonds. The molecule has 1 atom stereocenters. The first kappa shape index (κ1) is 9.03. The fourth-order valence-electron chi connectivity index (χ4n) is 1.64. The van der Waals surface area contributed by atoms with Crippen LogP contribution in [0, 0.1) is 0 Å². The van der Waals surface area contributed by atoms with Gasteiger partial charge in [-0.05, 0) is 36.7 Å². The van der Waals surface area contributed by atoms with Crippen LogP contribution in [0.25, 0.3) is 0 Å². The summed E-state index contributed by atoms with van der Waals surface area (Å²) in [7, 11) is 0. The summed E-state index contributed by atoms with van der Waals surface area (Å²) in [4.78, 5) is 0. The predicted molar refractivity (Wildman–Crippen MR) is 55.9 cm³/mol. The van der Waals surface area contributed by atoms with Crippen molar-refractivity contribution in [2.45, 2.75) is 18.9 Å². The standard InChI is InChI=1S/C10H12BrNO/c11-8-1-2-10-7(5-8)6-9(13-10)3-4-12/h1-2,5,9H,3-4,6,12H2. The average Bonchev–Trinajstić information content (AvgIpc) is 2.46. The molecule has 13 heavy (non-hydrogen) atoms. The van der Waals surface area contributed by atoms with Crippen LogP contribution in [0.3, 0.4) is 0 Å². The Morgan fingerprint density at radius 3 is 3.15 bits per heavy atom. The normalized spacial score (nSPS) is 19.7. The van der Waals surface area contributed by atoms with Crippen LogP contribution < -0.4 is 10.5 Å². The van der Waals surface area contributed by atoms with Gasteiger partial charge in [-0.2, -0.15) is 0 Å². The molecule has 70 valence electrons. The summed E-state index contributed by atoms with van der Waals surface area (Å²) in [5, 5.41) is 0. The van der Waals surface area contributed by atoms with E-state index in [1.54, 1.807) is 0 Å². The summed E-state index contributed by atoms with van der Waals surface area (Å²) >= 11 is 3.44. The highest BCUT2D eigenvalue weighted by Gasteiger charge is 2.21. The number of rotatable bonds is 2. The van der Waals surface area contributed by atoms with Gasteiger partial charge in [0, 0.05) is 10.9 Å². The molecule has 1 aliphatic rings. The van der Waals surface area contributed by atoms with E-state index in [4.69, 9.17) is 10.5 Å². The highest BCUT2D eigenvalue weighted by molar-refractivity contribution is 9.10. The van der Waals surface area contributed by atoms with Crippen LogP contribution in [-0.4, -0.2) is 12.6 Å². The van der Waals surface area contributed by atoms with Crippen LogP contribution >= 0.6 is 15.9 Å². The molecule has 3 heteroatoms. The van der Waals surface area contributed by atoms with E-state index in [-0.39, 0.29) is 6.10 Å². The summed E-state index contributed by atoms with van der Waals surface area (Å²) in [5.74, 6) is 1.02. The first-order chi connectivity index (χ1) is 6.29. The molecule has 2 nitrogen and oxygen atoms in total. The molecular formula is C10H12BrNO. The molecule has 1 aromatic carbocycles. The molecule has 0 saturated carbocycles. The quantitative estimate of drug-likeness (QED) is 0.861. The molecule has 0 radical (unpaired) electrons. The second-order valence-electron chi connectivity index (χ2n) is 3.27. The van der Waals surface area contributed by atoms with Gasteiger partial charge in [0.25, 0.3) is 0 Å². The SMILES string of the molecule is NCCC1Cc2cc(Br)ccc2O1. The van der Waals surface area contributed by atoms with Crippen molar-refractivity contribution in [3.05, 3.63) is 28.2 Å². The lowest BCUT2D eigenvalue weighted by Gasteiger charge is -2.07. The lowest BCUT2D eigenvalue weighted by molar-refractivity contribution is 0.224. The number of fused-ring (bicyclic) bond motifs is 1. The van der Waals surface area contributed by atoms with E-state index in [9.17, 15) is 0 Å². The number of nitrogens with two attached hydrogens (primary N) is 1. The van der Waals surface area contributed by atoms with E-state index in [1.807, 2.05) is 12.1 Å². The van der Waals surface area contributed by atoms with Crippen LogP contribution in [-0.2, 0) is 6.42 Å². The summed E-state index contributed by atoms with van der Waals surface area (Å²) in [6.45, 7) is 0.694. The molecule has 0 fully saturated rings. The van der Waals surface area contributed by atoms with Crippen molar-refractivity contribution in [1.29, 1.82) is 0 Å². The van der Waals surface area contributed by atoms with Crippen LogP contribution in [0.2, 0.25) is 0 Å². The van der Waals surface area contributed by atoms with Gasteiger partial charge in [0.2, 0.25) is 0 Å². The van der Waals surface area contributed by atoms with Crippen LogP contribution in [0.1, 0.15) is 12.0 Å². The largest absolute Gasteiger partial charge is 0.490 e. The third-order valence-corrected chi connectivity index (χ3v) is 2.75. The third-order valence-electron chi connectivity index (χ3n) is 2.25. The Labute approximate surface area is 86.2 Å². The van der Waals surface area contributed by atoms with Crippen LogP contribution in [0.15, 0.2) is 22.7 Å². The molecule has 1 unspecified atom stereocenters. The minimum absolute atomic E-state index is 0.286. The molecule has 0 aliphatic carbocycles. The Balaban J connectivity index is 2.16. The van der Waals surface area contributed by atoms with Crippen molar-refractivity contribution < 1.29 is 4.74 Å². The van der Waals surface area contributed by atoms with Gasteiger partial charge in [0.1, 0.15) is 11.9 Å². The maximum Gasteiger partial charge on any atom is 0.123 e. The molecule has 0 saturated heterocycles. The minimum Gasteiger partial charge on any atom is -0.490 e. The molecule has 1 aliphatic heterocycles. The molecule has 2 rings (SSSR count). The second-order valence-corrected chi connectivity index (χ2v) is 4.19. The Bertz CT molecular complexity index is 314. The first-order valence-electron chi connectivity index (χ1n) is 4.45. The van der Waals surface area contributed by atoms with Gasteiger partial charge in [0.15, 0.2) is 0 Å². The maximum atomic E-state index is 5.70. The predicted octanol–water partition coefficient (Wildman–Crippen LogP) is 2.10. The highest BCUT2D eigenvalue weighted by Crippen LogP contribution is 2.31. The monoisotopic (exact) mass is 241 g/mol. The zero-order valence-electron chi connectivity index (χ0n) is 7.29. The minimum atomic E-state index is 0.286. The van der Waals surface area contributed by atoms with Gasteiger partial charge in [0.05, 0.1) is 0 Å². The van der Waals surface area contributed by atoms with Gasteiger partial charge >= 0.3 is 0 Å². The van der Waals surface area contributed by atoms with Gasteiger partial charge in [-0.25, -0.2) is 0 Å². The topological polar surface area (TPSA) is 35.2 Å². The van der Waals surface area contributed by atoms with Crippen molar-refractivity contribution in [3.63, 3.8) is 0 Å². The lowest BCUT2D eigenvalue weighted by Crippen LogP contribution is -2.17. The fourth-order valence-corrected chi connectivity index (χ4v) is 2.04. The highest BCUT2D eigenvalue weighted by atomic mass is 79.9. The molecule has 2 N–H and O–H groups in total. The molecule has 0 bridgehead atoms. The summed E-state index contributed by atoms with van der Waals surface area (Å²) in [5.41, 5.74) is 6.77. The smallest absolute Gasteiger partial charge is 0.123 e. The van der Waals surface area contributed by atoms with Gasteiger partial charge < -0.3 is 10.5 Å². The number of ether oxygens (including phenoxy) is 1. The Morgan fingerprint density at radius 1 is 1.54 bits per heavy atom. The van der Waals surface area contributed by atoms with Gasteiger partial charge in [-0.3, -0.25) is 0 Å². The van der Waals surface area contributed by atoms with Gasteiger partial charge in [-0.15, -0.1) is 0 Å². The zero-order valence-corrected chi connectivity index (χ0v) is 8.88. The Hall–Kier alpha value is -0.540. The van der Waals surface area contributed by atoms with E-state index < -0.39 is 0 Å². The fraction of sp³-hybridized carbons (Fsp3) is 0.400. The number of benzene rings is 1. The van der Waals surface area contributed by atoms with Gasteiger partial charge in [-0.1, -0.05) is 15.9 Å². The molecule has 1 aromatic rings. The van der Waals surface area contributed by atoms with E-state index in [2.05, 4.69) is 22.0 Å². The van der Waals surface area contributed by atoms with E-state index in [0.29, 0.717) is 6.54 Å². The van der Waals surface area contributed by atoms with Crippen molar-refractivity contribution in [1.82, 2.24) is 0 Å². The summed E-state index contributed by atoms with van der Waals surface area (Å²) < 4.78 is 6.82. The maximum absolute atomic E-state index is 5.70. The Morgan fingerprint density at radius 2 is 2.38 bits per heavy atom. The van der Waals surface area contributed by atoms with Crippen molar-refractivity contribution >= 4 is 15.9 Å². The number of hydrogen-bond acceptors (Lipinski definition) is 2. The van der Waals surface area contributed by atoms with E-state index in [1.165, 1.54) is 5.56 Å². The number of hydrogen-bond donors (Lipinski definition) is 1. The first-order valence-corrected chi connectivity index (χ1v) is 5.24. The number of halogens is 1. The van der Waals surface area contributed by atoms with Crippen molar-refractivity contribution in [2.75, 3.05) is 6.54 Å². The lowest BCUT2D eigenvalue weighted by atomic mass is 10.1. The molecule has 0 spiro atoms. The van der Waals surface area contributed by atoms with E-state index in [0.717, 1.165) is 23.1 Å². The summed E-state index contributed by atoms with van der Waals surface area (Å²) in [6, 6.07) is 6.13. The van der Waals surface area contributed by atoms with Crippen molar-refractivity contribution in [2.24, 2.45) is 5.73 Å². The molecular weight excluding hydrogens is 230 g/mol. The van der Waals surface area contributed by atoms with Crippen LogP contribution in [0.4, 0.5) is 0 Å². The molecule has 1 heterocycles. The van der Waals surface area contributed by atoms with Crippen LogP contribution in [0.5, 0.6) is 5.75 Å². The third kappa shape index (κ3) is 1.86. The Kier molecular flexibility index (Phi) is 2.56. The second kappa shape index (κ2) is 3.68. The average molecular weight is 242 g/mol. The zero-order chi connectivity index (χ0) is 9.26. The molecule has 0 aromatic heterocycles. The van der Waals surface area contributed by atoms with Crippen molar-refractivity contribution in [3.8, 4) is 5.75 Å². The van der Waals surface area contributed by atoms with E-state index >= 15 is 0 Å².